The van der Waals surface area contributed by atoms with E-state index in [4.69, 9.17) is 5.73 Å². The molecule has 37 heteroatoms. The lowest BCUT2D eigenvalue weighted by molar-refractivity contribution is -0.148. The molecule has 22 N–H and O–H groups in total. The summed E-state index contributed by atoms with van der Waals surface area (Å²) >= 11 is 1.46. The first-order valence-corrected chi connectivity index (χ1v) is 43.5. The molecule has 0 bridgehead atoms. The van der Waals surface area contributed by atoms with Crippen LogP contribution in [0.25, 0.3) is 0 Å². The van der Waals surface area contributed by atoms with E-state index in [-0.39, 0.29) is 56.0 Å². The summed E-state index contributed by atoms with van der Waals surface area (Å²) in [5.74, 6) is -12.4. The molecule has 0 aliphatic carbocycles. The molecule has 1 aromatic carbocycles. The fourth-order valence-electron chi connectivity index (χ4n) is 14.8. The van der Waals surface area contributed by atoms with E-state index in [0.29, 0.717) is 49.7 Å². The lowest BCUT2D eigenvalue weighted by atomic mass is 9.91. The van der Waals surface area contributed by atoms with E-state index >= 15 is 9.59 Å². The number of amides is 13. The molecule has 0 saturated carbocycles. The number of rotatable bonds is 45. The van der Waals surface area contributed by atoms with Crippen LogP contribution < -0.4 is 69.5 Å². The number of fused-ring (bicyclic) bond motifs is 2. The van der Waals surface area contributed by atoms with Gasteiger partial charge in [-0.1, -0.05) is 146 Å². The first-order valence-electron chi connectivity index (χ1n) is 42.1. The summed E-state index contributed by atoms with van der Waals surface area (Å²) in [7, 11) is 0. The first kappa shape index (κ1) is 102. The van der Waals surface area contributed by atoms with Gasteiger partial charge in [-0.2, -0.15) is 11.8 Å². The summed E-state index contributed by atoms with van der Waals surface area (Å²) in [6, 6.07) is -13.6. The van der Waals surface area contributed by atoms with Gasteiger partial charge in [-0.25, -0.2) is 0 Å². The monoisotopic (exact) mass is 1690 g/mol. The number of benzene rings is 1. The van der Waals surface area contributed by atoms with Crippen molar-refractivity contribution in [2.75, 3.05) is 44.7 Å². The Kier molecular flexibility index (Phi) is 44.9. The average Bonchev–Trinajstić information content (AvgIpc) is 1.62. The van der Waals surface area contributed by atoms with E-state index in [1.165, 1.54) is 11.8 Å². The van der Waals surface area contributed by atoms with Crippen molar-refractivity contribution in [2.45, 2.75) is 314 Å². The molecular formula is C81H139N15O21S. The smallest absolute Gasteiger partial charge is 0.248 e. The van der Waals surface area contributed by atoms with Crippen molar-refractivity contribution < 1.29 is 103 Å². The minimum Gasteiger partial charge on any atom is -0.508 e. The Bertz CT molecular complexity index is 3390. The number of phenolic OH excluding ortho intramolecular Hbond substituents is 1. The molecule has 3 heterocycles. The summed E-state index contributed by atoms with van der Waals surface area (Å²) in [5, 5.41) is 124. The molecule has 3 aliphatic rings. The largest absolute Gasteiger partial charge is 0.508 e. The van der Waals surface area contributed by atoms with E-state index in [0.717, 1.165) is 85.9 Å². The quantitative estimate of drug-likeness (QED) is 0.0260. The summed E-state index contributed by atoms with van der Waals surface area (Å²) in [4.78, 5) is 188. The number of carbonyl (C=O) groups excluding carboxylic acids is 13. The molecule has 118 heavy (non-hydrogen) atoms. The molecule has 3 fully saturated rings. The highest BCUT2D eigenvalue weighted by Gasteiger charge is 2.50. The molecule has 0 aromatic heterocycles. The number of hydrogen-bond acceptors (Lipinski definition) is 24. The molecule has 2 unspecified atom stereocenters. The van der Waals surface area contributed by atoms with Crippen LogP contribution in [0.15, 0.2) is 24.3 Å². The minimum absolute atomic E-state index is 0.0179. The van der Waals surface area contributed by atoms with Crippen LogP contribution in [0.4, 0.5) is 0 Å². The van der Waals surface area contributed by atoms with Gasteiger partial charge < -0.3 is 115 Å². The van der Waals surface area contributed by atoms with Gasteiger partial charge in [-0.15, -0.1) is 0 Å². The topological polar surface area (TPSA) is 561 Å². The Hall–Kier alpha value is -7.88. The molecule has 670 valence electrons. The zero-order valence-electron chi connectivity index (χ0n) is 71.1. The molecule has 1 aromatic rings. The number of nitrogens with two attached hydrogens (primary N) is 1. The number of unbranched alkanes of at least 4 members (excludes halogenated alkanes) is 5. The number of phenols is 1. The molecule has 0 spiro atoms. The van der Waals surface area contributed by atoms with Gasteiger partial charge in [0.2, 0.25) is 77.3 Å². The Morgan fingerprint density at radius 1 is 0.602 bits per heavy atom. The molecule has 36 nitrogen and oxygen atoms in total. The highest BCUT2D eigenvalue weighted by Crippen LogP contribution is 2.28. The van der Waals surface area contributed by atoms with Gasteiger partial charge in [0, 0.05) is 52.0 Å². The van der Waals surface area contributed by atoms with E-state index in [9.17, 15) is 93.6 Å². The second kappa shape index (κ2) is 51.7. The van der Waals surface area contributed by atoms with E-state index in [2.05, 4.69) is 84.6 Å². The Labute approximate surface area is 698 Å². The predicted octanol–water partition coefficient (Wildman–Crippen LogP) is -1.55. The third-order valence-corrected chi connectivity index (χ3v) is 23.2. The van der Waals surface area contributed by atoms with Crippen molar-refractivity contribution in [2.24, 2.45) is 41.2 Å². The molecule has 13 amide bonds. The van der Waals surface area contributed by atoms with Crippen LogP contribution in [0.5, 0.6) is 5.75 Å². The number of thioether (sulfide) groups is 1. The third kappa shape index (κ3) is 31.9. The SMILES string of the molecule is CCC(C)[C@H](NC(=O)[C@H](CCSC)NC=O)C(=O)N[C@H](C(=O)N[C@H](C(=O)N[C@@H](CC(C)C)C(=O)NCC[C@@H](O)[C@@H]1NC(=O)[C@H]([C@H](O)[C@@H](O)c2ccc(O)cc2)NC(=O)[C@@H]2C[C@@H](O)CN2C(=O)[C@H]([C@@H](C)O)NC(=O)[C@@H](NC(=O)CCCCCCCC[C@@H](C)C[C@@H](C)CC)C[C@@H](O)[C@@H](NCCN)NC(=O)[C@@H]2[C@@H](O)CCN2C1=O)C(C)CC)C(C)C. The lowest BCUT2D eigenvalue weighted by Crippen LogP contribution is -2.65. The van der Waals surface area contributed by atoms with Gasteiger partial charge >= 0.3 is 0 Å². The average molecular weight is 1690 g/mol. The molecule has 3 aliphatic heterocycles. The van der Waals surface area contributed by atoms with Crippen LogP contribution in [-0.4, -0.2) is 282 Å². The fourth-order valence-corrected chi connectivity index (χ4v) is 15.3. The molecule has 0 radical (unpaired) electrons. The van der Waals surface area contributed by atoms with Crippen molar-refractivity contribution >= 4 is 89.1 Å². The van der Waals surface area contributed by atoms with Crippen LogP contribution in [-0.2, 0) is 62.3 Å². The van der Waals surface area contributed by atoms with Gasteiger partial charge in [0.1, 0.15) is 90.6 Å². The summed E-state index contributed by atoms with van der Waals surface area (Å²) in [6.07, 6.45) is -6.08. The Morgan fingerprint density at radius 2 is 1.18 bits per heavy atom. The van der Waals surface area contributed by atoms with Crippen LogP contribution >= 0.6 is 11.8 Å². The standard InChI is InChI=1S/C81H139N15O21S/c1-14-45(8)38-46(9)23-21-19-17-18-20-22-24-60(104)86-55-40-59(103)70(83-34-32-82)94-79(115)67-58(102)30-35-95(67)81(117)65(92-78(114)66(69(106)68(105)50-25-27-51(99)28-26-50)93-74(110)56-39-52(100)41-96(56)80(116)64(49(12)98)91-73(55)109)57(101)29-33-84-71(107)54(37-43(4)5)87-76(112)62(47(10)15-2)90-75(111)61(44(6)7)88-77(113)63(48(11)16-3)89-72(108)53(85-42-97)31-36-118-13/h25-28,42-49,52-59,61-70,83,98-103,105-106H,14-24,29-41,82H2,1-13H3,(H,84,107)(H,85,97)(H,86,104)(H,87,112)(H,88,113)(H,89,108)(H,90,111)(H,91,109)(H,92,114)(H,93,110)(H,94,115)/t45-,46+,47?,48?,49+,52+,53-,54-,55-,56-,57+,58-,59+,61-,62-,63-,64-,65-,66-,67-,68-,69-,70-/m0/s1. The summed E-state index contributed by atoms with van der Waals surface area (Å²) in [6.45, 7) is 19.7. The van der Waals surface area contributed by atoms with Crippen molar-refractivity contribution in [1.29, 1.82) is 0 Å². The zero-order chi connectivity index (χ0) is 88.4. The number of hydrogen-bond donors (Lipinski definition) is 21. The number of aliphatic hydroxyl groups is 7. The van der Waals surface area contributed by atoms with Crippen LogP contribution in [0.3, 0.4) is 0 Å². The highest BCUT2D eigenvalue weighted by molar-refractivity contribution is 7.98. The van der Waals surface area contributed by atoms with Gasteiger partial charge in [0.25, 0.3) is 0 Å². The molecule has 4 rings (SSSR count). The van der Waals surface area contributed by atoms with E-state index in [1.807, 2.05) is 13.2 Å². The number of aromatic hydroxyl groups is 1. The lowest BCUT2D eigenvalue weighted by Gasteiger charge is -2.35. The van der Waals surface area contributed by atoms with E-state index in [1.54, 1.807) is 48.5 Å². The molecule has 23 atom stereocenters. The summed E-state index contributed by atoms with van der Waals surface area (Å²) in [5.41, 5.74) is 5.76. The Balaban J connectivity index is 1.77. The predicted molar refractivity (Wildman–Crippen MR) is 441 cm³/mol. The fraction of sp³-hybridized carbons (Fsp3) is 0.765. The maximum Gasteiger partial charge on any atom is 0.248 e. The second-order valence-electron chi connectivity index (χ2n) is 33.1. The molecular weight excluding hydrogens is 1550 g/mol. The maximum absolute atomic E-state index is 15.5. The molecule has 3 saturated heterocycles. The van der Waals surface area contributed by atoms with E-state index < -0.39 is 243 Å². The zero-order valence-corrected chi connectivity index (χ0v) is 71.9. The van der Waals surface area contributed by atoms with Crippen molar-refractivity contribution in [3.05, 3.63) is 29.8 Å². The highest BCUT2D eigenvalue weighted by atomic mass is 32.2. The number of carbonyl (C=O) groups is 13. The van der Waals surface area contributed by atoms with Crippen molar-refractivity contribution in [1.82, 2.24) is 73.6 Å². The minimum atomic E-state index is -2.44. The van der Waals surface area contributed by atoms with Crippen LogP contribution in [0, 0.1) is 35.5 Å². The van der Waals surface area contributed by atoms with Gasteiger partial charge in [0.05, 0.1) is 30.5 Å². The number of nitrogens with zero attached hydrogens (tertiary/aromatic N) is 2. The van der Waals surface area contributed by atoms with Gasteiger partial charge in [-0.05, 0) is 111 Å². The number of nitrogens with one attached hydrogen (secondary N) is 12. The van der Waals surface area contributed by atoms with Gasteiger partial charge in [0.15, 0.2) is 0 Å². The van der Waals surface area contributed by atoms with Crippen LogP contribution in [0.1, 0.15) is 210 Å². The normalized spacial score (nSPS) is 24.5. The third-order valence-electron chi connectivity index (χ3n) is 22.5. The first-order chi connectivity index (χ1) is 55.8. The number of aliphatic hydroxyl groups excluding tert-OH is 7. The van der Waals surface area contributed by atoms with Crippen molar-refractivity contribution in [3.8, 4) is 5.75 Å². The van der Waals surface area contributed by atoms with Crippen molar-refractivity contribution in [3.63, 3.8) is 0 Å². The Morgan fingerprint density at radius 3 is 1.76 bits per heavy atom. The summed E-state index contributed by atoms with van der Waals surface area (Å²) < 4.78 is 0. The van der Waals surface area contributed by atoms with Gasteiger partial charge in [-0.3, -0.25) is 67.6 Å². The maximum atomic E-state index is 15.5. The van der Waals surface area contributed by atoms with Crippen LogP contribution in [0.2, 0.25) is 0 Å². The second-order valence-corrected chi connectivity index (χ2v) is 34.0.